The van der Waals surface area contributed by atoms with E-state index in [0.717, 1.165) is 114 Å². The van der Waals surface area contributed by atoms with Crippen LogP contribution in [0.4, 0.5) is 0 Å². The molecule has 0 spiro atoms. The molecule has 0 saturated carbocycles. The summed E-state index contributed by atoms with van der Waals surface area (Å²) in [4.78, 5) is 72.4. The smallest absolute Gasteiger partial charge is 0.462 e. The summed E-state index contributed by atoms with van der Waals surface area (Å²) in [7, 11) is -9.89. The van der Waals surface area contributed by atoms with Crippen molar-refractivity contribution in [3.05, 3.63) is 0 Å². The summed E-state index contributed by atoms with van der Waals surface area (Å²) in [6.45, 7) is 11.8. The topological polar surface area (TPSA) is 237 Å². The van der Waals surface area contributed by atoms with Crippen LogP contribution in [0.3, 0.4) is 0 Å². The maximum atomic E-state index is 13.0. The van der Waals surface area contributed by atoms with Gasteiger partial charge in [0.25, 0.3) is 0 Å². The summed E-state index contributed by atoms with van der Waals surface area (Å²) in [6.07, 6.45) is 41.6. The number of aliphatic hydroxyl groups is 1. The van der Waals surface area contributed by atoms with Gasteiger partial charge in [-0.2, -0.15) is 0 Å². The first-order valence-electron chi connectivity index (χ1n) is 35.4. The molecule has 0 amide bonds. The van der Waals surface area contributed by atoms with Crippen LogP contribution < -0.4 is 0 Å². The molecule has 0 aromatic carbocycles. The van der Waals surface area contributed by atoms with E-state index < -0.39 is 97.5 Å². The zero-order valence-corrected chi connectivity index (χ0v) is 58.3. The molecular weight excluding hydrogens is 1150 g/mol. The Morgan fingerprint density at radius 3 is 0.874 bits per heavy atom. The number of carbonyl (C=O) groups excluding carboxylic acids is 4. The first kappa shape index (κ1) is 85.1. The minimum Gasteiger partial charge on any atom is -0.462 e. The van der Waals surface area contributed by atoms with Crippen molar-refractivity contribution in [3.63, 3.8) is 0 Å². The van der Waals surface area contributed by atoms with Gasteiger partial charge in [-0.15, -0.1) is 0 Å². The molecule has 3 unspecified atom stereocenters. The van der Waals surface area contributed by atoms with Crippen LogP contribution in [0.5, 0.6) is 0 Å². The molecule has 17 nitrogen and oxygen atoms in total. The van der Waals surface area contributed by atoms with E-state index >= 15 is 0 Å². The van der Waals surface area contributed by atoms with Crippen molar-refractivity contribution in [1.29, 1.82) is 0 Å². The fourth-order valence-electron chi connectivity index (χ4n) is 10.2. The van der Waals surface area contributed by atoms with Gasteiger partial charge >= 0.3 is 39.5 Å². The third kappa shape index (κ3) is 61.3. The molecule has 0 aliphatic rings. The van der Waals surface area contributed by atoms with Gasteiger partial charge in [0.1, 0.15) is 19.3 Å². The number of carbonyl (C=O) groups is 4. The Kier molecular flexibility index (Phi) is 57.8. The lowest BCUT2D eigenvalue weighted by Gasteiger charge is -2.21. The van der Waals surface area contributed by atoms with Crippen molar-refractivity contribution < 1.29 is 80.2 Å². The van der Waals surface area contributed by atoms with Crippen LogP contribution >= 0.6 is 15.6 Å². The largest absolute Gasteiger partial charge is 0.472 e. The Morgan fingerprint density at radius 1 is 0.333 bits per heavy atom. The SMILES string of the molecule is CCCCCCCCCCC(=O)OC[C@H](COP(=O)(O)OC[C@H](O)COP(=O)(O)OC[C@@H](COC(=O)CCCCCCCCCCCC(C)C)OC(=O)CCCCCCCCCCCCCCC(C)C)OC(=O)CCCCCCCCCCC(C)CC. The Labute approximate surface area is 530 Å². The van der Waals surface area contributed by atoms with Crippen LogP contribution in [-0.4, -0.2) is 96.7 Å². The van der Waals surface area contributed by atoms with Gasteiger partial charge < -0.3 is 33.8 Å². The predicted octanol–water partition coefficient (Wildman–Crippen LogP) is 19.1. The Hall–Kier alpha value is -1.94. The zero-order valence-electron chi connectivity index (χ0n) is 56.5. The maximum Gasteiger partial charge on any atom is 0.472 e. The molecule has 19 heteroatoms. The van der Waals surface area contributed by atoms with Crippen molar-refractivity contribution >= 4 is 39.5 Å². The summed E-state index contributed by atoms with van der Waals surface area (Å²) in [5.74, 6) is 0.158. The van der Waals surface area contributed by atoms with Crippen LogP contribution in [0.1, 0.15) is 337 Å². The molecule has 3 N–H and O–H groups in total. The van der Waals surface area contributed by atoms with Crippen molar-refractivity contribution in [2.75, 3.05) is 39.6 Å². The summed E-state index contributed by atoms with van der Waals surface area (Å²) in [5.41, 5.74) is 0. The highest BCUT2D eigenvalue weighted by atomic mass is 31.2. The van der Waals surface area contributed by atoms with E-state index in [1.807, 2.05) is 0 Å². The van der Waals surface area contributed by atoms with E-state index in [4.69, 9.17) is 37.0 Å². The van der Waals surface area contributed by atoms with Gasteiger partial charge in [0.2, 0.25) is 0 Å². The number of hydrogen-bond acceptors (Lipinski definition) is 15. The zero-order chi connectivity index (χ0) is 64.5. The molecule has 0 rings (SSSR count). The van der Waals surface area contributed by atoms with E-state index in [9.17, 15) is 43.2 Å². The molecule has 0 bridgehead atoms. The van der Waals surface area contributed by atoms with Gasteiger partial charge in [0, 0.05) is 25.7 Å². The molecule has 0 heterocycles. The minimum absolute atomic E-state index is 0.104. The van der Waals surface area contributed by atoms with Crippen LogP contribution in [0, 0.1) is 17.8 Å². The van der Waals surface area contributed by atoms with E-state index in [0.29, 0.717) is 25.7 Å². The molecular formula is C68H132O17P2. The molecule has 6 atom stereocenters. The summed E-state index contributed by atoms with van der Waals surface area (Å²) in [6, 6.07) is 0. The Bertz CT molecular complexity index is 1720. The first-order chi connectivity index (χ1) is 41.8. The Morgan fingerprint density at radius 2 is 0.586 bits per heavy atom. The quantitative estimate of drug-likeness (QED) is 0.0222. The molecule has 0 aliphatic carbocycles. The molecule has 516 valence electrons. The average molecular weight is 1280 g/mol. The van der Waals surface area contributed by atoms with Crippen LogP contribution in [0.15, 0.2) is 0 Å². The number of phosphoric ester groups is 2. The van der Waals surface area contributed by atoms with Gasteiger partial charge in [-0.1, -0.05) is 286 Å². The molecule has 0 fully saturated rings. The molecule has 0 radical (unpaired) electrons. The van der Waals surface area contributed by atoms with Gasteiger partial charge in [0.15, 0.2) is 12.2 Å². The van der Waals surface area contributed by atoms with E-state index in [-0.39, 0.29) is 25.7 Å². The van der Waals surface area contributed by atoms with Gasteiger partial charge in [-0.25, -0.2) is 9.13 Å². The van der Waals surface area contributed by atoms with Crippen molar-refractivity contribution in [1.82, 2.24) is 0 Å². The fraction of sp³-hybridized carbons (Fsp3) is 0.941. The molecule has 87 heavy (non-hydrogen) atoms. The highest BCUT2D eigenvalue weighted by molar-refractivity contribution is 7.47. The third-order valence-electron chi connectivity index (χ3n) is 16.0. The van der Waals surface area contributed by atoms with Crippen LogP contribution in [-0.2, 0) is 65.4 Å². The maximum absolute atomic E-state index is 13.0. The minimum atomic E-state index is -4.95. The molecule has 0 aromatic heterocycles. The number of phosphoric acid groups is 2. The highest BCUT2D eigenvalue weighted by Gasteiger charge is 2.30. The highest BCUT2D eigenvalue weighted by Crippen LogP contribution is 2.45. The fourth-order valence-corrected chi connectivity index (χ4v) is 11.7. The normalized spacial score (nSPS) is 14.6. The van der Waals surface area contributed by atoms with Crippen LogP contribution in [0.25, 0.3) is 0 Å². The van der Waals surface area contributed by atoms with Gasteiger partial charge in [-0.05, 0) is 43.4 Å². The summed E-state index contributed by atoms with van der Waals surface area (Å²) < 4.78 is 68.1. The number of ether oxygens (including phenoxy) is 4. The molecule has 0 saturated heterocycles. The standard InChI is InChI=1S/C68H132O17P2/c1-8-10-11-12-13-28-35-42-49-65(70)78-55-63(85-68(73)52-45-38-31-24-23-27-34-41-48-61(7)9-2)57-82-86(74,75)80-53-62(69)54-81-87(76,77)83-58-64(56-79-66(71)50-43-36-29-22-18-20-26-33-40-47-60(5)6)84-67(72)51-44-37-30-21-17-15-14-16-19-25-32-39-46-59(3)4/h59-64,69H,8-58H2,1-7H3,(H,74,75)(H,76,77)/t61?,62-,63+,64+/m0/s1. The number of hydrogen-bond donors (Lipinski definition) is 3. The van der Waals surface area contributed by atoms with E-state index in [1.54, 1.807) is 0 Å². The number of unbranched alkanes of at least 4 members (excludes halogenated alkanes) is 33. The lowest BCUT2D eigenvalue weighted by Crippen LogP contribution is -2.30. The van der Waals surface area contributed by atoms with E-state index in [1.165, 1.54) is 141 Å². The molecule has 0 aliphatic heterocycles. The summed E-state index contributed by atoms with van der Waals surface area (Å²) >= 11 is 0. The lowest BCUT2D eigenvalue weighted by atomic mass is 9.99. The van der Waals surface area contributed by atoms with Crippen molar-refractivity contribution in [2.24, 2.45) is 17.8 Å². The molecule has 0 aromatic rings. The number of aliphatic hydroxyl groups excluding tert-OH is 1. The second-order valence-corrected chi connectivity index (χ2v) is 28.7. The average Bonchev–Trinajstić information content (AvgIpc) is 3.57. The number of rotatable bonds is 66. The van der Waals surface area contributed by atoms with Crippen molar-refractivity contribution in [2.45, 2.75) is 356 Å². The second kappa shape index (κ2) is 59.1. The van der Waals surface area contributed by atoms with Crippen molar-refractivity contribution in [3.8, 4) is 0 Å². The number of esters is 4. The monoisotopic (exact) mass is 1280 g/mol. The van der Waals surface area contributed by atoms with Gasteiger partial charge in [0.05, 0.1) is 26.4 Å². The summed E-state index contributed by atoms with van der Waals surface area (Å²) in [5, 5.41) is 10.6. The second-order valence-electron chi connectivity index (χ2n) is 25.8. The van der Waals surface area contributed by atoms with Crippen LogP contribution in [0.2, 0.25) is 0 Å². The lowest BCUT2D eigenvalue weighted by molar-refractivity contribution is -0.161. The Balaban J connectivity index is 5.24. The predicted molar refractivity (Wildman–Crippen MR) is 349 cm³/mol. The van der Waals surface area contributed by atoms with E-state index in [2.05, 4.69) is 48.5 Å². The first-order valence-corrected chi connectivity index (χ1v) is 38.4. The van der Waals surface area contributed by atoms with Gasteiger partial charge in [-0.3, -0.25) is 37.3 Å². The third-order valence-corrected chi connectivity index (χ3v) is 17.9.